The van der Waals surface area contributed by atoms with Crippen molar-refractivity contribution in [2.75, 3.05) is 20.8 Å². The van der Waals surface area contributed by atoms with Crippen molar-refractivity contribution in [2.24, 2.45) is 5.10 Å². The highest BCUT2D eigenvalue weighted by Crippen LogP contribution is 2.17. The van der Waals surface area contributed by atoms with Crippen LogP contribution in [-0.2, 0) is 16.3 Å². The van der Waals surface area contributed by atoms with E-state index in [-0.39, 0.29) is 13.2 Å². The summed E-state index contributed by atoms with van der Waals surface area (Å²) in [7, 11) is 3.47. The van der Waals surface area contributed by atoms with Crippen LogP contribution in [0.4, 0.5) is 0 Å². The molecular weight excluding hydrogens is 869 g/mol. The lowest BCUT2D eigenvalue weighted by Gasteiger charge is -2.13. The second-order valence-electron chi connectivity index (χ2n) is 16.0. The largest absolute Gasteiger partial charge is 0.501 e. The first kappa shape index (κ1) is 71.4. The maximum absolute atomic E-state index is 9.84. The zero-order chi connectivity index (χ0) is 53.0. The summed E-state index contributed by atoms with van der Waals surface area (Å²) in [5, 5.41) is 16.2. The van der Waals surface area contributed by atoms with Crippen molar-refractivity contribution in [3.63, 3.8) is 0 Å². The van der Waals surface area contributed by atoms with Crippen LogP contribution in [0.3, 0.4) is 0 Å². The molecular formula is C66H98N2O3. The van der Waals surface area contributed by atoms with Gasteiger partial charge < -0.3 is 5.11 Å². The smallest absolute Gasteiger partial charge is 0.166 e. The number of hydrogen-bond acceptors (Lipinski definition) is 5. The molecule has 0 atom stereocenters. The summed E-state index contributed by atoms with van der Waals surface area (Å²) in [6, 6.07) is 32.3. The molecule has 0 aliphatic rings. The molecule has 0 saturated carbocycles. The Morgan fingerprint density at radius 1 is 0.648 bits per heavy atom. The molecule has 0 spiro atoms. The molecule has 0 heterocycles. The number of benzene rings is 4. The third kappa shape index (κ3) is 42.5. The lowest BCUT2D eigenvalue weighted by molar-refractivity contribution is -0.272. The van der Waals surface area contributed by atoms with E-state index in [0.29, 0.717) is 12.1 Å². The van der Waals surface area contributed by atoms with E-state index in [1.807, 2.05) is 112 Å². The highest BCUT2D eigenvalue weighted by atomic mass is 17.2. The van der Waals surface area contributed by atoms with Gasteiger partial charge in [0.2, 0.25) is 0 Å². The summed E-state index contributed by atoms with van der Waals surface area (Å²) in [5.74, 6) is 0.0507. The van der Waals surface area contributed by atoms with Gasteiger partial charge in [-0.2, -0.15) is 5.10 Å². The first-order valence-electron chi connectivity index (χ1n) is 25.4. The van der Waals surface area contributed by atoms with Gasteiger partial charge >= 0.3 is 0 Å². The normalized spacial score (nSPS) is 9.15. The molecule has 0 bridgehead atoms. The highest BCUT2D eigenvalue weighted by Gasteiger charge is 2.04. The number of aliphatic hydroxyl groups excluding tert-OH is 1. The van der Waals surface area contributed by atoms with Crippen LogP contribution in [0.1, 0.15) is 177 Å². The molecule has 390 valence electrons. The summed E-state index contributed by atoms with van der Waals surface area (Å²) in [6.07, 6.45) is 26.1. The highest BCUT2D eigenvalue weighted by molar-refractivity contribution is 5.81. The number of hydrogen-bond donors (Lipinski definition) is 1. The van der Waals surface area contributed by atoms with Crippen LogP contribution >= 0.6 is 0 Å². The Kier molecular flexibility index (Phi) is 53.5. The zero-order valence-electron chi connectivity index (χ0n) is 45.6. The lowest BCUT2D eigenvalue weighted by atomic mass is 10.0. The molecule has 0 unspecified atom stereocenters. The predicted octanol–water partition coefficient (Wildman–Crippen LogP) is 20.2. The molecule has 0 saturated heterocycles. The van der Waals surface area contributed by atoms with Crippen LogP contribution in [-0.4, -0.2) is 37.1 Å². The number of nitrogens with zero attached hydrogens (tertiary/aromatic N) is 2. The van der Waals surface area contributed by atoms with E-state index in [1.165, 1.54) is 80.9 Å². The Labute approximate surface area is 436 Å². The predicted molar refractivity (Wildman–Crippen MR) is 320 cm³/mol. The number of aliphatic hydroxyl groups is 1. The van der Waals surface area contributed by atoms with Gasteiger partial charge in [-0.15, -0.1) is 11.5 Å². The van der Waals surface area contributed by atoms with Gasteiger partial charge in [0.15, 0.2) is 5.76 Å². The summed E-state index contributed by atoms with van der Waals surface area (Å²) < 4.78 is 0. The molecule has 0 aliphatic carbocycles. The van der Waals surface area contributed by atoms with Gasteiger partial charge in [-0.05, 0) is 77.8 Å². The molecule has 5 heteroatoms. The Balaban J connectivity index is -0.000000409. The third-order valence-electron chi connectivity index (χ3n) is 10.00. The van der Waals surface area contributed by atoms with Gasteiger partial charge in [0.05, 0.1) is 26.5 Å². The van der Waals surface area contributed by atoms with Crippen molar-refractivity contribution < 1.29 is 14.9 Å². The molecule has 0 fully saturated rings. The topological polar surface area (TPSA) is 54.3 Å². The number of hydrazone groups is 1. The summed E-state index contributed by atoms with van der Waals surface area (Å²) in [5.41, 5.74) is 17.7. The fraction of sp³-hybridized carbons (Fsp3) is 0.394. The second-order valence-corrected chi connectivity index (χ2v) is 16.0. The molecule has 5 nitrogen and oxygen atoms in total. The van der Waals surface area contributed by atoms with Gasteiger partial charge in [0.1, 0.15) is 0 Å². The van der Waals surface area contributed by atoms with Crippen molar-refractivity contribution in [2.45, 2.75) is 153 Å². The molecule has 0 amide bonds. The quantitative estimate of drug-likeness (QED) is 0.0153. The molecule has 0 radical (unpaired) electrons. The van der Waals surface area contributed by atoms with Crippen molar-refractivity contribution in [3.8, 4) is 0 Å². The van der Waals surface area contributed by atoms with E-state index in [2.05, 4.69) is 138 Å². The number of allylic oxidation sites excluding steroid dienone is 2. The standard InChI is InChI=1S/C22H22N2O.C9H10.C8H18O2.C8H8.C8H12.C8H18.C2H6.CH4/c1-5-7-18-10-12-19(13-11-18)16-24(4)23-15-20-9-8-17(3)21(14-20)22(25)6-2;1-3-9-6-4-8(2)5-7-9;1-3-4-5-6-7-8-10-9-2;1-2-8-6-4-3-5-7-8;1-4-7-8(5-2)6-3;1-3-5-7-8-6-4-2;1-2;/h7-15,25H,1-2,16H2,3-4H3;3-7H,1H2,2H3;3-8H2,1-2H3;2-7H,1H2;5H,2-4,7H2,1H3;3-8H2,1-2H3;1-2H3;1H4/b23-15+;;;;;;;. The molecule has 0 aromatic heterocycles. The third-order valence-corrected chi connectivity index (χ3v) is 10.00. The Morgan fingerprint density at radius 2 is 1.15 bits per heavy atom. The Morgan fingerprint density at radius 3 is 1.58 bits per heavy atom. The van der Waals surface area contributed by atoms with Crippen LogP contribution in [0.15, 0.2) is 170 Å². The average Bonchev–Trinajstić information content (AvgIpc) is 3.40. The minimum absolute atomic E-state index is 0. The van der Waals surface area contributed by atoms with Crippen molar-refractivity contribution >= 4 is 30.2 Å². The second kappa shape index (κ2) is 53.2. The van der Waals surface area contributed by atoms with Gasteiger partial charge in [0, 0.05) is 12.6 Å². The molecule has 4 aromatic carbocycles. The van der Waals surface area contributed by atoms with Crippen LogP contribution in [0, 0.1) is 13.8 Å². The maximum atomic E-state index is 9.84. The molecule has 4 rings (SSSR count). The van der Waals surface area contributed by atoms with E-state index >= 15 is 0 Å². The van der Waals surface area contributed by atoms with Gasteiger partial charge in [-0.3, -0.25) is 5.01 Å². The first-order valence-corrected chi connectivity index (χ1v) is 25.4. The summed E-state index contributed by atoms with van der Waals surface area (Å²) in [4.78, 5) is 9.16. The van der Waals surface area contributed by atoms with E-state index in [0.717, 1.165) is 53.7 Å². The van der Waals surface area contributed by atoms with Crippen LogP contribution in [0.2, 0.25) is 0 Å². The fourth-order valence-corrected chi connectivity index (χ4v) is 5.90. The zero-order valence-corrected chi connectivity index (χ0v) is 45.6. The number of aryl methyl sites for hydroxylation is 2. The van der Waals surface area contributed by atoms with Crippen molar-refractivity contribution in [1.29, 1.82) is 0 Å². The number of unbranched alkanes of at least 4 members (excludes halogenated alkanes) is 9. The van der Waals surface area contributed by atoms with E-state index in [9.17, 15) is 5.11 Å². The van der Waals surface area contributed by atoms with Crippen LogP contribution < -0.4 is 0 Å². The van der Waals surface area contributed by atoms with Gasteiger partial charge in [-0.1, -0.05) is 280 Å². The molecule has 0 aliphatic heterocycles. The van der Waals surface area contributed by atoms with E-state index < -0.39 is 0 Å². The van der Waals surface area contributed by atoms with E-state index in [1.54, 1.807) is 19.4 Å². The van der Waals surface area contributed by atoms with E-state index in [4.69, 9.17) is 4.89 Å². The molecule has 71 heavy (non-hydrogen) atoms. The summed E-state index contributed by atoms with van der Waals surface area (Å²) in [6.45, 7) is 39.8. The fourth-order valence-electron chi connectivity index (χ4n) is 5.90. The maximum Gasteiger partial charge on any atom is 0.166 e. The first-order chi connectivity index (χ1) is 34.0. The number of rotatable bonds is 23. The monoisotopic (exact) mass is 967 g/mol. The SMILES string of the molecule is C.C=C=C(C=C)CCC.C=C=Cc1ccc(CN(C)/N=C/c2ccc(C)c(C(O)=C=C)c2)cc1.C=Cc1ccc(C)cc1.C=Cc1ccccc1.CC.CCCCCCCC.CCCCCCCOOC. The van der Waals surface area contributed by atoms with Crippen molar-refractivity contribution in [3.05, 3.63) is 210 Å². The molecule has 4 aromatic rings. The minimum atomic E-state index is 0. The van der Waals surface area contributed by atoms with Crippen LogP contribution in [0.5, 0.6) is 0 Å². The van der Waals surface area contributed by atoms with Gasteiger partial charge in [-0.25, -0.2) is 9.78 Å². The summed E-state index contributed by atoms with van der Waals surface area (Å²) >= 11 is 0. The van der Waals surface area contributed by atoms with Crippen molar-refractivity contribution in [1.82, 2.24) is 5.01 Å². The molecule has 1 N–H and O–H groups in total. The average molecular weight is 968 g/mol. The van der Waals surface area contributed by atoms with Crippen LogP contribution in [0.25, 0.3) is 24.0 Å². The van der Waals surface area contributed by atoms with Gasteiger partial charge in [0.25, 0.3) is 0 Å². The minimum Gasteiger partial charge on any atom is -0.501 e. The Hall–Kier alpha value is -6.15. The Bertz CT molecular complexity index is 2050. The lowest BCUT2D eigenvalue weighted by Crippen LogP contribution is -2.10.